The molecule has 1 aliphatic heterocycles. The van der Waals surface area contributed by atoms with Crippen LogP contribution in [-0.4, -0.2) is 29.8 Å². The molecule has 1 atom stereocenters. The van der Waals surface area contributed by atoms with E-state index in [0.29, 0.717) is 18.3 Å². The summed E-state index contributed by atoms with van der Waals surface area (Å²) in [5, 5.41) is 7.25. The molecule has 0 amide bonds. The topological polar surface area (TPSA) is 60.2 Å². The minimum atomic E-state index is -0.125. The fourth-order valence-corrected chi connectivity index (χ4v) is 2.32. The fraction of sp³-hybridized carbons (Fsp3) is 0.385. The Bertz CT molecular complexity index is 579. The second-order valence-electron chi connectivity index (χ2n) is 4.49. The van der Waals surface area contributed by atoms with Crippen molar-refractivity contribution in [2.45, 2.75) is 13.0 Å². The lowest BCUT2D eigenvalue weighted by atomic mass is 10.1. The largest absolute Gasteiger partial charge is 0.367 e. The Balaban J connectivity index is 1.85. The van der Waals surface area contributed by atoms with Crippen molar-refractivity contribution < 1.29 is 9.26 Å². The Morgan fingerprint density at radius 2 is 2.32 bits per heavy atom. The van der Waals surface area contributed by atoms with Crippen molar-refractivity contribution >= 4 is 15.9 Å². The highest BCUT2D eigenvalue weighted by atomic mass is 79.9. The molecule has 100 valence electrons. The normalized spacial score (nSPS) is 19.6. The summed E-state index contributed by atoms with van der Waals surface area (Å²) in [6, 6.07) is 5.96. The Morgan fingerprint density at radius 1 is 1.42 bits per heavy atom. The van der Waals surface area contributed by atoms with Crippen LogP contribution in [0, 0.1) is 6.92 Å². The molecule has 0 aliphatic carbocycles. The van der Waals surface area contributed by atoms with Gasteiger partial charge in [-0.1, -0.05) is 27.2 Å². The summed E-state index contributed by atoms with van der Waals surface area (Å²) < 4.78 is 11.9. The van der Waals surface area contributed by atoms with Gasteiger partial charge in [0.05, 0.1) is 6.61 Å². The molecule has 0 radical (unpaired) electrons. The van der Waals surface area contributed by atoms with Crippen LogP contribution in [0.3, 0.4) is 0 Å². The SMILES string of the molecule is Cc1ccc(-c2nc(C3CNCCO3)no2)cc1Br. The highest BCUT2D eigenvalue weighted by Crippen LogP contribution is 2.26. The van der Waals surface area contributed by atoms with Crippen molar-refractivity contribution in [2.75, 3.05) is 19.7 Å². The van der Waals surface area contributed by atoms with Crippen molar-refractivity contribution in [3.05, 3.63) is 34.1 Å². The minimum Gasteiger partial charge on any atom is -0.367 e. The number of nitrogens with one attached hydrogen (secondary N) is 1. The standard InChI is InChI=1S/C13H14BrN3O2/c1-8-2-3-9(6-10(8)14)13-16-12(17-19-13)11-7-15-4-5-18-11/h2-3,6,11,15H,4-5,7H2,1H3. The summed E-state index contributed by atoms with van der Waals surface area (Å²) in [6.07, 6.45) is -0.125. The van der Waals surface area contributed by atoms with Crippen molar-refractivity contribution in [3.8, 4) is 11.5 Å². The number of aromatic nitrogens is 2. The molecule has 1 saturated heterocycles. The van der Waals surface area contributed by atoms with Gasteiger partial charge in [-0.25, -0.2) is 0 Å². The predicted molar refractivity (Wildman–Crippen MR) is 73.7 cm³/mol. The van der Waals surface area contributed by atoms with Crippen LogP contribution in [0.5, 0.6) is 0 Å². The Morgan fingerprint density at radius 3 is 3.05 bits per heavy atom. The summed E-state index contributed by atoms with van der Waals surface area (Å²) in [5.41, 5.74) is 2.07. The summed E-state index contributed by atoms with van der Waals surface area (Å²) in [6.45, 7) is 4.29. The molecular weight excluding hydrogens is 310 g/mol. The van der Waals surface area contributed by atoms with E-state index in [1.165, 1.54) is 5.56 Å². The van der Waals surface area contributed by atoms with Crippen molar-refractivity contribution in [2.24, 2.45) is 0 Å². The molecule has 1 aromatic carbocycles. The number of rotatable bonds is 2. The zero-order valence-electron chi connectivity index (χ0n) is 10.5. The first kappa shape index (κ1) is 12.8. The van der Waals surface area contributed by atoms with Gasteiger partial charge >= 0.3 is 0 Å². The Hall–Kier alpha value is -1.24. The van der Waals surface area contributed by atoms with Gasteiger partial charge in [0.15, 0.2) is 0 Å². The number of hydrogen-bond acceptors (Lipinski definition) is 5. The van der Waals surface area contributed by atoms with E-state index < -0.39 is 0 Å². The minimum absolute atomic E-state index is 0.125. The number of morpholine rings is 1. The average Bonchev–Trinajstić information content (AvgIpc) is 2.93. The van der Waals surface area contributed by atoms with E-state index in [0.717, 1.165) is 23.1 Å². The maximum atomic E-state index is 5.60. The molecule has 2 heterocycles. The third-order valence-corrected chi connectivity index (χ3v) is 3.93. The van der Waals surface area contributed by atoms with Gasteiger partial charge in [0.2, 0.25) is 5.82 Å². The molecular formula is C13H14BrN3O2. The molecule has 1 fully saturated rings. The monoisotopic (exact) mass is 323 g/mol. The molecule has 1 unspecified atom stereocenters. The second kappa shape index (κ2) is 5.40. The van der Waals surface area contributed by atoms with E-state index in [4.69, 9.17) is 9.26 Å². The molecule has 6 heteroatoms. The molecule has 1 N–H and O–H groups in total. The van der Waals surface area contributed by atoms with E-state index in [1.54, 1.807) is 0 Å². The molecule has 0 saturated carbocycles. The summed E-state index contributed by atoms with van der Waals surface area (Å²) in [4.78, 5) is 4.41. The molecule has 5 nitrogen and oxygen atoms in total. The quantitative estimate of drug-likeness (QED) is 0.920. The van der Waals surface area contributed by atoms with E-state index >= 15 is 0 Å². The van der Waals surface area contributed by atoms with Crippen molar-refractivity contribution in [1.82, 2.24) is 15.5 Å². The van der Waals surface area contributed by atoms with Gasteiger partial charge in [-0.15, -0.1) is 0 Å². The van der Waals surface area contributed by atoms with Gasteiger partial charge in [-0.05, 0) is 24.6 Å². The van der Waals surface area contributed by atoms with Crippen LogP contribution in [0.15, 0.2) is 27.2 Å². The Kier molecular flexibility index (Phi) is 3.63. The number of hydrogen-bond donors (Lipinski definition) is 1. The Labute approximate surface area is 119 Å². The van der Waals surface area contributed by atoms with Crippen LogP contribution in [0.2, 0.25) is 0 Å². The zero-order chi connectivity index (χ0) is 13.2. The van der Waals surface area contributed by atoms with Gasteiger partial charge in [-0.3, -0.25) is 0 Å². The molecule has 19 heavy (non-hydrogen) atoms. The molecule has 3 rings (SSSR count). The highest BCUT2D eigenvalue weighted by molar-refractivity contribution is 9.10. The number of aryl methyl sites for hydroxylation is 1. The lowest BCUT2D eigenvalue weighted by Gasteiger charge is -2.20. The van der Waals surface area contributed by atoms with Crippen LogP contribution in [0.25, 0.3) is 11.5 Å². The van der Waals surface area contributed by atoms with E-state index in [1.807, 2.05) is 25.1 Å². The smallest absolute Gasteiger partial charge is 0.258 e. The lowest BCUT2D eigenvalue weighted by molar-refractivity contribution is 0.0208. The van der Waals surface area contributed by atoms with Crippen LogP contribution >= 0.6 is 15.9 Å². The molecule has 1 aliphatic rings. The van der Waals surface area contributed by atoms with E-state index in [9.17, 15) is 0 Å². The zero-order valence-corrected chi connectivity index (χ0v) is 12.1. The van der Waals surface area contributed by atoms with Gasteiger partial charge in [0, 0.05) is 23.1 Å². The lowest BCUT2D eigenvalue weighted by Crippen LogP contribution is -2.33. The maximum absolute atomic E-state index is 5.60. The van der Waals surface area contributed by atoms with Crippen molar-refractivity contribution in [1.29, 1.82) is 0 Å². The summed E-state index contributed by atoms with van der Waals surface area (Å²) in [5.74, 6) is 1.11. The van der Waals surface area contributed by atoms with Crippen LogP contribution < -0.4 is 5.32 Å². The summed E-state index contributed by atoms with van der Waals surface area (Å²) in [7, 11) is 0. The fourth-order valence-electron chi connectivity index (χ4n) is 1.94. The van der Waals surface area contributed by atoms with Crippen LogP contribution in [0.1, 0.15) is 17.5 Å². The first-order chi connectivity index (χ1) is 9.24. The third kappa shape index (κ3) is 2.70. The predicted octanol–water partition coefficient (Wildman–Crippen LogP) is 2.47. The number of ether oxygens (including phenoxy) is 1. The number of nitrogens with zero attached hydrogens (tertiary/aromatic N) is 2. The maximum Gasteiger partial charge on any atom is 0.258 e. The van der Waals surface area contributed by atoms with E-state index in [2.05, 4.69) is 31.4 Å². The molecule has 1 aromatic heterocycles. The molecule has 2 aromatic rings. The average molecular weight is 324 g/mol. The third-order valence-electron chi connectivity index (χ3n) is 3.08. The molecule has 0 bridgehead atoms. The first-order valence-electron chi connectivity index (χ1n) is 6.16. The van der Waals surface area contributed by atoms with E-state index in [-0.39, 0.29) is 6.10 Å². The van der Waals surface area contributed by atoms with Gasteiger partial charge in [0.1, 0.15) is 6.10 Å². The second-order valence-corrected chi connectivity index (χ2v) is 5.34. The molecule has 0 spiro atoms. The number of halogens is 1. The van der Waals surface area contributed by atoms with Gasteiger partial charge in [-0.2, -0.15) is 4.98 Å². The van der Waals surface area contributed by atoms with Gasteiger partial charge < -0.3 is 14.6 Å². The van der Waals surface area contributed by atoms with Gasteiger partial charge in [0.25, 0.3) is 5.89 Å². The van der Waals surface area contributed by atoms with Crippen molar-refractivity contribution in [3.63, 3.8) is 0 Å². The van der Waals surface area contributed by atoms with Crippen LogP contribution in [0.4, 0.5) is 0 Å². The summed E-state index contributed by atoms with van der Waals surface area (Å²) >= 11 is 3.50. The van der Waals surface area contributed by atoms with Crippen LogP contribution in [-0.2, 0) is 4.74 Å². The number of benzene rings is 1. The first-order valence-corrected chi connectivity index (χ1v) is 6.96. The highest BCUT2D eigenvalue weighted by Gasteiger charge is 2.22.